The Kier molecular flexibility index (Phi) is 5.55. The Morgan fingerprint density at radius 3 is 2.65 bits per heavy atom. The number of benzene rings is 2. The van der Waals surface area contributed by atoms with Gasteiger partial charge >= 0.3 is 5.97 Å². The maximum absolute atomic E-state index is 12.6. The molecule has 0 aliphatic heterocycles. The zero-order valence-corrected chi connectivity index (χ0v) is 15.9. The second-order valence-corrected chi connectivity index (χ2v) is 6.73. The summed E-state index contributed by atoms with van der Waals surface area (Å²) in [4.78, 5) is 12.6. The van der Waals surface area contributed by atoms with Crippen molar-refractivity contribution < 1.29 is 9.53 Å². The first kappa shape index (κ1) is 18.0. The van der Waals surface area contributed by atoms with Gasteiger partial charge in [0.15, 0.2) is 0 Å². The molecule has 3 aromatic rings. The number of nitriles is 1. The van der Waals surface area contributed by atoms with Crippen LogP contribution in [0.4, 0.5) is 0 Å². The molecule has 2 aromatic carbocycles. The lowest BCUT2D eigenvalue weighted by molar-refractivity contribution is 0.0733. The fraction of sp³-hybridized carbons (Fsp3) is 0.143. The van der Waals surface area contributed by atoms with Crippen LogP contribution in [0.25, 0.3) is 0 Å². The molecule has 1 aromatic heterocycles. The Labute approximate surface area is 160 Å². The average molecular weight is 409 g/mol. The van der Waals surface area contributed by atoms with E-state index in [1.54, 1.807) is 24.3 Å². The highest BCUT2D eigenvalue weighted by molar-refractivity contribution is 9.10. The standard InChI is InChI=1S/C21H17BrN2O2/c1-2-20-19(21(25)26-18-8-6-17(22)7-9-18)10-11-24(20)14-16-5-3-4-15(12-16)13-23/h3-12H,2,14H2,1H3. The Morgan fingerprint density at radius 2 is 1.96 bits per heavy atom. The van der Waals surface area contributed by atoms with Crippen LogP contribution in [0.3, 0.4) is 0 Å². The topological polar surface area (TPSA) is 55.0 Å². The Bertz CT molecular complexity index is 968. The molecule has 3 rings (SSSR count). The number of nitrogens with zero attached hydrogens (tertiary/aromatic N) is 2. The summed E-state index contributed by atoms with van der Waals surface area (Å²) in [7, 11) is 0. The third-order valence-electron chi connectivity index (χ3n) is 4.07. The number of carbonyl (C=O) groups excluding carboxylic acids is 1. The largest absolute Gasteiger partial charge is 0.423 e. The van der Waals surface area contributed by atoms with Gasteiger partial charge in [0.2, 0.25) is 0 Å². The number of aromatic nitrogens is 1. The first-order chi connectivity index (χ1) is 12.6. The van der Waals surface area contributed by atoms with Crippen molar-refractivity contribution in [3.63, 3.8) is 0 Å². The summed E-state index contributed by atoms with van der Waals surface area (Å²) in [5.74, 6) is 0.142. The van der Waals surface area contributed by atoms with Crippen LogP contribution >= 0.6 is 15.9 Å². The average Bonchev–Trinajstić information content (AvgIpc) is 3.06. The van der Waals surface area contributed by atoms with E-state index in [1.165, 1.54) is 0 Å². The van der Waals surface area contributed by atoms with E-state index in [9.17, 15) is 4.79 Å². The lowest BCUT2D eigenvalue weighted by atomic mass is 10.1. The van der Waals surface area contributed by atoms with Crippen LogP contribution in [-0.4, -0.2) is 10.5 Å². The zero-order valence-electron chi connectivity index (χ0n) is 14.3. The monoisotopic (exact) mass is 408 g/mol. The summed E-state index contributed by atoms with van der Waals surface area (Å²) in [6.45, 7) is 2.61. The summed E-state index contributed by atoms with van der Waals surface area (Å²) in [6, 6.07) is 18.6. The van der Waals surface area contributed by atoms with E-state index in [0.717, 1.165) is 15.7 Å². The van der Waals surface area contributed by atoms with E-state index in [4.69, 9.17) is 10.00 Å². The third-order valence-corrected chi connectivity index (χ3v) is 4.60. The summed E-state index contributed by atoms with van der Waals surface area (Å²) < 4.78 is 8.43. The smallest absolute Gasteiger partial charge is 0.345 e. The molecule has 130 valence electrons. The third kappa shape index (κ3) is 4.04. The van der Waals surface area contributed by atoms with Crippen molar-refractivity contribution in [1.29, 1.82) is 5.26 Å². The molecule has 0 bridgehead atoms. The molecule has 0 radical (unpaired) electrons. The zero-order chi connectivity index (χ0) is 18.5. The minimum atomic E-state index is -0.367. The number of esters is 1. The number of rotatable bonds is 5. The molecule has 0 aliphatic rings. The second-order valence-electron chi connectivity index (χ2n) is 5.81. The molecule has 0 atom stereocenters. The van der Waals surface area contributed by atoms with E-state index in [2.05, 4.69) is 22.0 Å². The van der Waals surface area contributed by atoms with Crippen LogP contribution in [0, 0.1) is 11.3 Å². The molecule has 26 heavy (non-hydrogen) atoms. The van der Waals surface area contributed by atoms with Gasteiger partial charge in [-0.1, -0.05) is 35.0 Å². The van der Waals surface area contributed by atoms with Gasteiger partial charge < -0.3 is 9.30 Å². The van der Waals surface area contributed by atoms with Crippen LogP contribution in [0.1, 0.15) is 34.1 Å². The predicted molar refractivity (Wildman–Crippen MR) is 103 cm³/mol. The van der Waals surface area contributed by atoms with Crippen molar-refractivity contribution in [2.24, 2.45) is 0 Å². The highest BCUT2D eigenvalue weighted by Crippen LogP contribution is 2.20. The fourth-order valence-electron chi connectivity index (χ4n) is 2.83. The van der Waals surface area contributed by atoms with E-state index in [1.807, 2.05) is 48.0 Å². The van der Waals surface area contributed by atoms with Gasteiger partial charge in [0, 0.05) is 22.9 Å². The first-order valence-electron chi connectivity index (χ1n) is 8.25. The summed E-state index contributed by atoms with van der Waals surface area (Å²) >= 11 is 3.36. The number of carbonyl (C=O) groups is 1. The van der Waals surface area contributed by atoms with Gasteiger partial charge in [0.25, 0.3) is 0 Å². The van der Waals surface area contributed by atoms with Crippen molar-refractivity contribution >= 4 is 21.9 Å². The molecule has 0 saturated heterocycles. The van der Waals surface area contributed by atoms with Gasteiger partial charge in [-0.05, 0) is 54.4 Å². The Hall–Kier alpha value is -2.84. The normalized spacial score (nSPS) is 10.3. The predicted octanol–water partition coefficient (Wildman–Crippen LogP) is 4.95. The number of ether oxygens (including phenoxy) is 1. The van der Waals surface area contributed by atoms with Crippen LogP contribution in [0.5, 0.6) is 5.75 Å². The van der Waals surface area contributed by atoms with E-state index in [0.29, 0.717) is 29.8 Å². The molecule has 0 unspecified atom stereocenters. The second kappa shape index (κ2) is 8.03. The Morgan fingerprint density at radius 1 is 1.19 bits per heavy atom. The summed E-state index contributed by atoms with van der Waals surface area (Å²) in [5.41, 5.74) is 3.12. The van der Waals surface area contributed by atoms with Crippen molar-refractivity contribution in [2.45, 2.75) is 19.9 Å². The van der Waals surface area contributed by atoms with Crippen LogP contribution in [0.15, 0.2) is 65.3 Å². The van der Waals surface area contributed by atoms with Crippen molar-refractivity contribution in [3.8, 4) is 11.8 Å². The SMILES string of the molecule is CCc1c(C(=O)Oc2ccc(Br)cc2)ccn1Cc1cccc(C#N)c1. The molecule has 0 aliphatic carbocycles. The fourth-order valence-corrected chi connectivity index (χ4v) is 3.10. The van der Waals surface area contributed by atoms with Gasteiger partial charge in [-0.15, -0.1) is 0 Å². The first-order valence-corrected chi connectivity index (χ1v) is 9.04. The van der Waals surface area contributed by atoms with Crippen molar-refractivity contribution in [3.05, 3.63) is 87.7 Å². The molecule has 0 amide bonds. The molecule has 4 nitrogen and oxygen atoms in total. The van der Waals surface area contributed by atoms with Crippen LogP contribution < -0.4 is 4.74 Å². The maximum Gasteiger partial charge on any atom is 0.345 e. The van der Waals surface area contributed by atoms with Crippen LogP contribution in [0.2, 0.25) is 0 Å². The lowest BCUT2D eigenvalue weighted by Gasteiger charge is -2.10. The van der Waals surface area contributed by atoms with Crippen molar-refractivity contribution in [1.82, 2.24) is 4.57 Å². The number of hydrogen-bond donors (Lipinski definition) is 0. The minimum Gasteiger partial charge on any atom is -0.423 e. The van der Waals surface area contributed by atoms with Gasteiger partial charge in [0.05, 0.1) is 17.2 Å². The van der Waals surface area contributed by atoms with E-state index in [-0.39, 0.29) is 5.97 Å². The molecule has 5 heteroatoms. The van der Waals surface area contributed by atoms with Gasteiger partial charge in [-0.2, -0.15) is 5.26 Å². The molecular weight excluding hydrogens is 392 g/mol. The van der Waals surface area contributed by atoms with E-state index < -0.39 is 0 Å². The van der Waals surface area contributed by atoms with Crippen molar-refractivity contribution in [2.75, 3.05) is 0 Å². The van der Waals surface area contributed by atoms with Gasteiger partial charge in [-0.3, -0.25) is 0 Å². The Balaban J connectivity index is 1.82. The molecular formula is C21H17BrN2O2. The molecule has 1 heterocycles. The number of hydrogen-bond acceptors (Lipinski definition) is 3. The highest BCUT2D eigenvalue weighted by Gasteiger charge is 2.17. The highest BCUT2D eigenvalue weighted by atomic mass is 79.9. The number of halogens is 1. The molecule has 0 N–H and O–H groups in total. The molecule has 0 spiro atoms. The molecule has 0 fully saturated rings. The van der Waals surface area contributed by atoms with Gasteiger partial charge in [-0.25, -0.2) is 4.79 Å². The van der Waals surface area contributed by atoms with Crippen LogP contribution in [-0.2, 0) is 13.0 Å². The summed E-state index contributed by atoms with van der Waals surface area (Å²) in [6.07, 6.45) is 2.59. The molecule has 0 saturated carbocycles. The lowest BCUT2D eigenvalue weighted by Crippen LogP contribution is -2.12. The maximum atomic E-state index is 12.6. The summed E-state index contributed by atoms with van der Waals surface area (Å²) in [5, 5.41) is 9.04. The quantitative estimate of drug-likeness (QED) is 0.443. The van der Waals surface area contributed by atoms with Gasteiger partial charge in [0.1, 0.15) is 5.75 Å². The van der Waals surface area contributed by atoms with E-state index >= 15 is 0 Å². The minimum absolute atomic E-state index is 0.367.